The summed E-state index contributed by atoms with van der Waals surface area (Å²) in [7, 11) is 0. The van der Waals surface area contributed by atoms with Gasteiger partial charge in [-0.05, 0) is 79.1 Å². The quantitative estimate of drug-likeness (QED) is 0.579. The van der Waals surface area contributed by atoms with E-state index in [1.807, 2.05) is 19.9 Å². The van der Waals surface area contributed by atoms with Gasteiger partial charge in [0.1, 0.15) is 11.5 Å². The van der Waals surface area contributed by atoms with E-state index in [1.165, 1.54) is 24.3 Å². The SMILES string of the molecule is Cc1ccc(C(=O)N/C(=C\c2ccc3c(c2)OCO3)C(=O)Nc2cccc(F)c2)cc1C. The van der Waals surface area contributed by atoms with Gasteiger partial charge in [0, 0.05) is 11.3 Å². The predicted molar refractivity (Wildman–Crippen MR) is 119 cm³/mol. The van der Waals surface area contributed by atoms with Crippen molar-refractivity contribution < 1.29 is 23.5 Å². The average Bonchev–Trinajstić information content (AvgIpc) is 3.23. The van der Waals surface area contributed by atoms with Crippen LogP contribution in [0.4, 0.5) is 10.1 Å². The zero-order chi connectivity index (χ0) is 22.7. The van der Waals surface area contributed by atoms with E-state index in [1.54, 1.807) is 36.4 Å². The number of anilines is 1. The van der Waals surface area contributed by atoms with Crippen molar-refractivity contribution >= 4 is 23.6 Å². The zero-order valence-electron chi connectivity index (χ0n) is 17.6. The summed E-state index contributed by atoms with van der Waals surface area (Å²) >= 11 is 0. The van der Waals surface area contributed by atoms with Gasteiger partial charge < -0.3 is 20.1 Å². The first-order chi connectivity index (χ1) is 15.4. The number of carbonyl (C=O) groups is 2. The molecule has 7 heteroatoms. The topological polar surface area (TPSA) is 76.7 Å². The Kier molecular flexibility index (Phi) is 5.89. The summed E-state index contributed by atoms with van der Waals surface area (Å²) in [6, 6.07) is 16.0. The first kappa shape index (κ1) is 21.1. The highest BCUT2D eigenvalue weighted by atomic mass is 19.1. The third-order valence-electron chi connectivity index (χ3n) is 5.05. The fourth-order valence-corrected chi connectivity index (χ4v) is 3.17. The Morgan fingerprint density at radius 3 is 2.53 bits per heavy atom. The second-order valence-corrected chi connectivity index (χ2v) is 7.39. The van der Waals surface area contributed by atoms with Crippen molar-refractivity contribution in [3.05, 3.63) is 94.4 Å². The minimum Gasteiger partial charge on any atom is -0.454 e. The van der Waals surface area contributed by atoms with Crippen LogP contribution in [0, 0.1) is 19.7 Å². The largest absolute Gasteiger partial charge is 0.454 e. The molecule has 0 aromatic heterocycles. The van der Waals surface area contributed by atoms with Crippen molar-refractivity contribution in [2.24, 2.45) is 0 Å². The van der Waals surface area contributed by atoms with E-state index in [0.717, 1.165) is 11.1 Å². The molecule has 0 spiro atoms. The molecule has 0 atom stereocenters. The molecule has 0 saturated carbocycles. The van der Waals surface area contributed by atoms with Gasteiger partial charge in [-0.3, -0.25) is 9.59 Å². The molecule has 2 N–H and O–H groups in total. The van der Waals surface area contributed by atoms with Crippen molar-refractivity contribution in [3.8, 4) is 11.5 Å². The lowest BCUT2D eigenvalue weighted by molar-refractivity contribution is -0.113. The lowest BCUT2D eigenvalue weighted by Crippen LogP contribution is -2.30. The Labute approximate surface area is 184 Å². The Balaban J connectivity index is 1.64. The van der Waals surface area contributed by atoms with Crippen LogP contribution in [0.5, 0.6) is 11.5 Å². The molecule has 1 heterocycles. The van der Waals surface area contributed by atoms with Crippen molar-refractivity contribution in [2.45, 2.75) is 13.8 Å². The average molecular weight is 432 g/mol. The van der Waals surface area contributed by atoms with E-state index in [4.69, 9.17) is 9.47 Å². The number of nitrogens with one attached hydrogen (secondary N) is 2. The second-order valence-electron chi connectivity index (χ2n) is 7.39. The summed E-state index contributed by atoms with van der Waals surface area (Å²) in [5.74, 6) is -0.362. The summed E-state index contributed by atoms with van der Waals surface area (Å²) < 4.78 is 24.2. The highest BCUT2D eigenvalue weighted by Crippen LogP contribution is 2.33. The molecule has 1 aliphatic rings. The Morgan fingerprint density at radius 1 is 0.938 bits per heavy atom. The minimum absolute atomic E-state index is 0.00338. The number of benzene rings is 3. The number of hydrogen-bond acceptors (Lipinski definition) is 4. The van der Waals surface area contributed by atoms with Crippen LogP contribution in [0.15, 0.2) is 66.4 Å². The first-order valence-corrected chi connectivity index (χ1v) is 9.96. The lowest BCUT2D eigenvalue weighted by atomic mass is 10.1. The van der Waals surface area contributed by atoms with E-state index in [0.29, 0.717) is 22.6 Å². The van der Waals surface area contributed by atoms with Crippen molar-refractivity contribution in [2.75, 3.05) is 12.1 Å². The van der Waals surface area contributed by atoms with Crippen LogP contribution in [-0.2, 0) is 4.79 Å². The number of hydrogen-bond donors (Lipinski definition) is 2. The first-order valence-electron chi connectivity index (χ1n) is 9.96. The van der Waals surface area contributed by atoms with E-state index < -0.39 is 17.6 Å². The van der Waals surface area contributed by atoms with Gasteiger partial charge in [-0.1, -0.05) is 18.2 Å². The smallest absolute Gasteiger partial charge is 0.272 e. The van der Waals surface area contributed by atoms with E-state index in [9.17, 15) is 14.0 Å². The molecule has 0 radical (unpaired) electrons. The number of ether oxygens (including phenoxy) is 2. The normalized spacial score (nSPS) is 12.4. The van der Waals surface area contributed by atoms with Crippen LogP contribution in [-0.4, -0.2) is 18.6 Å². The van der Waals surface area contributed by atoms with Crippen LogP contribution in [0.25, 0.3) is 6.08 Å². The molecule has 2 amide bonds. The van der Waals surface area contributed by atoms with E-state index in [-0.39, 0.29) is 18.2 Å². The molecule has 0 fully saturated rings. The third kappa shape index (κ3) is 4.78. The van der Waals surface area contributed by atoms with Crippen LogP contribution in [0.3, 0.4) is 0 Å². The molecule has 162 valence electrons. The fraction of sp³-hybridized carbons (Fsp3) is 0.120. The Morgan fingerprint density at radius 2 is 1.75 bits per heavy atom. The lowest BCUT2D eigenvalue weighted by Gasteiger charge is -2.12. The summed E-state index contributed by atoms with van der Waals surface area (Å²) in [5, 5.41) is 5.29. The van der Waals surface area contributed by atoms with Gasteiger partial charge in [-0.25, -0.2) is 4.39 Å². The van der Waals surface area contributed by atoms with Gasteiger partial charge in [0.15, 0.2) is 11.5 Å². The number of halogens is 1. The van der Waals surface area contributed by atoms with Crippen molar-refractivity contribution in [3.63, 3.8) is 0 Å². The molecule has 0 bridgehead atoms. The monoisotopic (exact) mass is 432 g/mol. The summed E-state index contributed by atoms with van der Waals surface area (Å²) in [6.07, 6.45) is 1.52. The number of rotatable bonds is 5. The standard InChI is InChI=1S/C25H21FN2O4/c1-15-6-8-18(10-16(15)2)24(29)28-21(25(30)27-20-5-3-4-19(26)13-20)11-17-7-9-22-23(12-17)32-14-31-22/h3-13H,14H2,1-2H3,(H,27,30)(H,28,29)/b21-11-. The predicted octanol–water partition coefficient (Wildman–Crippen LogP) is 4.58. The van der Waals surface area contributed by atoms with Crippen molar-refractivity contribution in [1.82, 2.24) is 5.32 Å². The number of aryl methyl sites for hydroxylation is 2. The molecule has 0 aliphatic carbocycles. The molecule has 3 aromatic rings. The summed E-state index contributed by atoms with van der Waals surface area (Å²) in [5.41, 5.74) is 3.33. The third-order valence-corrected chi connectivity index (χ3v) is 5.05. The molecule has 3 aromatic carbocycles. The number of fused-ring (bicyclic) bond motifs is 1. The number of amides is 2. The van der Waals surface area contributed by atoms with Crippen LogP contribution in [0.2, 0.25) is 0 Å². The summed E-state index contributed by atoms with van der Waals surface area (Å²) in [6.45, 7) is 3.99. The molecule has 0 unspecified atom stereocenters. The Bertz CT molecular complexity index is 1240. The zero-order valence-corrected chi connectivity index (χ0v) is 17.6. The van der Waals surface area contributed by atoms with Gasteiger partial charge in [-0.15, -0.1) is 0 Å². The maximum atomic E-state index is 13.5. The fourth-order valence-electron chi connectivity index (χ4n) is 3.17. The molecule has 1 aliphatic heterocycles. The van der Waals surface area contributed by atoms with Gasteiger partial charge in [0.25, 0.3) is 11.8 Å². The molecule has 32 heavy (non-hydrogen) atoms. The molecular weight excluding hydrogens is 411 g/mol. The molecule has 4 rings (SSSR count). The van der Waals surface area contributed by atoms with Crippen molar-refractivity contribution in [1.29, 1.82) is 0 Å². The van der Waals surface area contributed by atoms with Crippen LogP contribution in [0.1, 0.15) is 27.0 Å². The van der Waals surface area contributed by atoms with Gasteiger partial charge in [0.2, 0.25) is 6.79 Å². The summed E-state index contributed by atoms with van der Waals surface area (Å²) in [4.78, 5) is 25.8. The van der Waals surface area contributed by atoms with E-state index in [2.05, 4.69) is 10.6 Å². The van der Waals surface area contributed by atoms with Crippen LogP contribution < -0.4 is 20.1 Å². The maximum absolute atomic E-state index is 13.5. The van der Waals surface area contributed by atoms with Gasteiger partial charge in [0.05, 0.1) is 0 Å². The Hall–Kier alpha value is -4.13. The maximum Gasteiger partial charge on any atom is 0.272 e. The van der Waals surface area contributed by atoms with Crippen LogP contribution >= 0.6 is 0 Å². The number of carbonyl (C=O) groups excluding carboxylic acids is 2. The highest BCUT2D eigenvalue weighted by molar-refractivity contribution is 6.10. The molecule has 0 saturated heterocycles. The van der Waals surface area contributed by atoms with Gasteiger partial charge in [-0.2, -0.15) is 0 Å². The molecule has 6 nitrogen and oxygen atoms in total. The molecular formula is C25H21FN2O4. The van der Waals surface area contributed by atoms with Gasteiger partial charge >= 0.3 is 0 Å². The highest BCUT2D eigenvalue weighted by Gasteiger charge is 2.18. The van der Waals surface area contributed by atoms with E-state index >= 15 is 0 Å². The second kappa shape index (κ2) is 8.93. The minimum atomic E-state index is -0.592.